The minimum absolute atomic E-state index is 0.104. The molecule has 6 heteroatoms. The number of nitrogens with zero attached hydrogens (tertiary/aromatic N) is 2. The molecule has 0 radical (unpaired) electrons. The van der Waals surface area contributed by atoms with Crippen LogP contribution in [0.4, 0.5) is 0 Å². The number of amides is 1. The van der Waals surface area contributed by atoms with E-state index in [0.717, 1.165) is 25.2 Å². The Bertz CT molecular complexity index is 831. The highest BCUT2D eigenvalue weighted by atomic mass is 16.5. The zero-order chi connectivity index (χ0) is 20.3. The lowest BCUT2D eigenvalue weighted by Gasteiger charge is -2.26. The van der Waals surface area contributed by atoms with Gasteiger partial charge in [0.05, 0.1) is 14.2 Å². The Hall–Kier alpha value is -2.60. The molecule has 0 spiro atoms. The quantitative estimate of drug-likeness (QED) is 0.829. The Morgan fingerprint density at radius 2 is 1.89 bits per heavy atom. The van der Waals surface area contributed by atoms with E-state index in [4.69, 9.17) is 9.47 Å². The van der Waals surface area contributed by atoms with Gasteiger partial charge in [-0.1, -0.05) is 0 Å². The number of rotatable bonds is 6. The molecule has 1 unspecified atom stereocenters. The first-order chi connectivity index (χ1) is 13.4. The molecule has 2 aromatic rings. The summed E-state index contributed by atoms with van der Waals surface area (Å²) in [5.74, 6) is 1.11. The molecule has 1 fully saturated rings. The van der Waals surface area contributed by atoms with E-state index >= 15 is 0 Å². The monoisotopic (exact) mass is 383 g/mol. The molecule has 0 saturated carbocycles. The molecule has 1 N–H and O–H groups in total. The van der Waals surface area contributed by atoms with Crippen LogP contribution in [0.25, 0.3) is 0 Å². The molecule has 2 heterocycles. The number of hydrogen-bond acceptors (Lipinski definition) is 5. The lowest BCUT2D eigenvalue weighted by Crippen LogP contribution is -2.37. The van der Waals surface area contributed by atoms with E-state index in [1.807, 2.05) is 13.1 Å². The average Bonchev–Trinajstić information content (AvgIpc) is 3.17. The van der Waals surface area contributed by atoms with Crippen molar-refractivity contribution in [3.8, 4) is 11.5 Å². The zero-order valence-corrected chi connectivity index (χ0v) is 17.3. The molecule has 6 nitrogen and oxygen atoms in total. The number of benzene rings is 1. The van der Waals surface area contributed by atoms with Crippen LogP contribution in [-0.2, 0) is 0 Å². The van der Waals surface area contributed by atoms with Gasteiger partial charge in [0.2, 0.25) is 0 Å². The van der Waals surface area contributed by atoms with E-state index < -0.39 is 0 Å². The molecule has 0 aliphatic carbocycles. The van der Waals surface area contributed by atoms with Crippen molar-refractivity contribution < 1.29 is 14.3 Å². The summed E-state index contributed by atoms with van der Waals surface area (Å²) in [6, 6.07) is 7.74. The largest absolute Gasteiger partial charge is 0.497 e. The Kier molecular flexibility index (Phi) is 6.19. The number of carbonyl (C=O) groups is 1. The lowest BCUT2D eigenvalue weighted by atomic mass is 10.0. The fourth-order valence-corrected chi connectivity index (χ4v) is 3.77. The van der Waals surface area contributed by atoms with Crippen molar-refractivity contribution in [3.63, 3.8) is 0 Å². The summed E-state index contributed by atoms with van der Waals surface area (Å²) in [6.45, 7) is 8.17. The molecular formula is C22H29N3O3. The van der Waals surface area contributed by atoms with Crippen LogP contribution < -0.4 is 14.8 Å². The lowest BCUT2D eigenvalue weighted by molar-refractivity contribution is 0.0935. The minimum Gasteiger partial charge on any atom is -0.497 e. The fraction of sp³-hybridized carbons (Fsp3) is 0.455. The van der Waals surface area contributed by atoms with Gasteiger partial charge in [0.25, 0.3) is 5.91 Å². The number of ether oxygens (including phenoxy) is 2. The second-order valence-electron chi connectivity index (χ2n) is 7.34. The number of hydrogen-bond donors (Lipinski definition) is 1. The van der Waals surface area contributed by atoms with Crippen LogP contribution in [0.3, 0.4) is 0 Å². The number of nitrogens with one attached hydrogen (secondary N) is 1. The van der Waals surface area contributed by atoms with Gasteiger partial charge in [-0.15, -0.1) is 0 Å². The topological polar surface area (TPSA) is 63.7 Å². The smallest absolute Gasteiger partial charge is 0.251 e. The number of aryl methyl sites for hydroxylation is 1. The summed E-state index contributed by atoms with van der Waals surface area (Å²) < 4.78 is 10.5. The van der Waals surface area contributed by atoms with Gasteiger partial charge in [0, 0.05) is 48.7 Å². The molecule has 1 amide bonds. The number of pyridine rings is 1. The van der Waals surface area contributed by atoms with E-state index in [2.05, 4.69) is 35.1 Å². The van der Waals surface area contributed by atoms with Crippen LogP contribution in [0.1, 0.15) is 46.6 Å². The van der Waals surface area contributed by atoms with Crippen LogP contribution in [-0.4, -0.2) is 49.1 Å². The zero-order valence-electron chi connectivity index (χ0n) is 17.3. The summed E-state index contributed by atoms with van der Waals surface area (Å²) >= 11 is 0. The Balaban J connectivity index is 1.66. The molecule has 28 heavy (non-hydrogen) atoms. The van der Waals surface area contributed by atoms with Gasteiger partial charge < -0.3 is 14.8 Å². The number of methoxy groups -OCH3 is 2. The fourth-order valence-electron chi connectivity index (χ4n) is 3.77. The Morgan fingerprint density at radius 1 is 1.21 bits per heavy atom. The van der Waals surface area contributed by atoms with Crippen molar-refractivity contribution in [3.05, 3.63) is 52.8 Å². The van der Waals surface area contributed by atoms with Gasteiger partial charge in [-0.2, -0.15) is 0 Å². The SMILES string of the molecule is COc1cc(OC)cc(C(=O)N[C@@H]2CCN(C(C)c3ccnc(C)c3C)C2)c1. The van der Waals surface area contributed by atoms with Crippen LogP contribution in [0.15, 0.2) is 30.5 Å². The van der Waals surface area contributed by atoms with Gasteiger partial charge in [0.15, 0.2) is 0 Å². The number of carbonyl (C=O) groups excluding carboxylic acids is 1. The van der Waals surface area contributed by atoms with E-state index in [1.165, 1.54) is 11.1 Å². The van der Waals surface area contributed by atoms with Crippen molar-refractivity contribution >= 4 is 5.91 Å². The average molecular weight is 383 g/mol. The first-order valence-corrected chi connectivity index (χ1v) is 9.63. The van der Waals surface area contributed by atoms with Crippen LogP contribution in [0.5, 0.6) is 11.5 Å². The first kappa shape index (κ1) is 20.1. The highest BCUT2D eigenvalue weighted by molar-refractivity contribution is 5.95. The molecular weight excluding hydrogens is 354 g/mol. The molecule has 1 aromatic carbocycles. The maximum atomic E-state index is 12.7. The highest BCUT2D eigenvalue weighted by Gasteiger charge is 2.29. The molecule has 1 aliphatic heterocycles. The van der Waals surface area contributed by atoms with Crippen molar-refractivity contribution in [2.75, 3.05) is 27.3 Å². The standard InChI is InChI=1S/C22H29N3O3/c1-14-15(2)23-8-6-21(14)16(3)25-9-7-18(13-25)24-22(26)17-10-19(27-4)12-20(11-17)28-5/h6,8,10-12,16,18H,7,9,13H2,1-5H3,(H,24,26)/t16?,18-/m1/s1. The minimum atomic E-state index is -0.104. The molecule has 3 rings (SSSR count). The summed E-state index contributed by atoms with van der Waals surface area (Å²) in [5, 5.41) is 3.16. The molecule has 1 aromatic heterocycles. The van der Waals surface area contributed by atoms with Crippen molar-refractivity contribution in [1.29, 1.82) is 0 Å². The molecule has 1 saturated heterocycles. The third-order valence-electron chi connectivity index (χ3n) is 5.66. The van der Waals surface area contributed by atoms with Crippen molar-refractivity contribution in [2.45, 2.75) is 39.3 Å². The predicted octanol–water partition coefficient (Wildman–Crippen LogP) is 3.28. The number of likely N-dealkylation sites (tertiary alicyclic amines) is 1. The summed E-state index contributed by atoms with van der Waals surface area (Å²) in [4.78, 5) is 19.5. The molecule has 1 aliphatic rings. The highest BCUT2D eigenvalue weighted by Crippen LogP contribution is 2.28. The summed E-state index contributed by atoms with van der Waals surface area (Å²) in [6.07, 6.45) is 2.81. The third-order valence-corrected chi connectivity index (χ3v) is 5.66. The first-order valence-electron chi connectivity index (χ1n) is 9.63. The van der Waals surface area contributed by atoms with Gasteiger partial charge in [0.1, 0.15) is 11.5 Å². The van der Waals surface area contributed by atoms with Gasteiger partial charge in [-0.25, -0.2) is 0 Å². The Labute approximate surface area is 166 Å². The second kappa shape index (κ2) is 8.61. The van der Waals surface area contributed by atoms with Crippen LogP contribution >= 0.6 is 0 Å². The molecule has 150 valence electrons. The predicted molar refractivity (Wildman–Crippen MR) is 109 cm³/mol. The van der Waals surface area contributed by atoms with Crippen LogP contribution in [0.2, 0.25) is 0 Å². The second-order valence-corrected chi connectivity index (χ2v) is 7.34. The van der Waals surface area contributed by atoms with E-state index in [9.17, 15) is 4.79 Å². The summed E-state index contributed by atoms with van der Waals surface area (Å²) in [5.41, 5.74) is 4.16. The van der Waals surface area contributed by atoms with Gasteiger partial charge in [-0.3, -0.25) is 14.7 Å². The third kappa shape index (κ3) is 4.28. The molecule has 2 atom stereocenters. The van der Waals surface area contributed by atoms with Gasteiger partial charge in [-0.05, 0) is 56.5 Å². The summed E-state index contributed by atoms with van der Waals surface area (Å²) in [7, 11) is 3.16. The van der Waals surface area contributed by atoms with E-state index in [-0.39, 0.29) is 11.9 Å². The van der Waals surface area contributed by atoms with Crippen molar-refractivity contribution in [2.24, 2.45) is 0 Å². The van der Waals surface area contributed by atoms with Crippen LogP contribution in [0, 0.1) is 13.8 Å². The maximum Gasteiger partial charge on any atom is 0.251 e. The van der Waals surface area contributed by atoms with Crippen molar-refractivity contribution in [1.82, 2.24) is 15.2 Å². The normalized spacial score (nSPS) is 18.0. The maximum absolute atomic E-state index is 12.7. The van der Waals surface area contributed by atoms with Gasteiger partial charge >= 0.3 is 0 Å². The van der Waals surface area contributed by atoms with E-state index in [1.54, 1.807) is 32.4 Å². The van der Waals surface area contributed by atoms with E-state index in [0.29, 0.717) is 23.1 Å². The molecule has 0 bridgehead atoms. The Morgan fingerprint density at radius 3 is 2.54 bits per heavy atom. The number of aromatic nitrogens is 1.